The van der Waals surface area contributed by atoms with Gasteiger partial charge in [-0.05, 0) is 61.7 Å². The predicted molar refractivity (Wildman–Crippen MR) is 127 cm³/mol. The van der Waals surface area contributed by atoms with Crippen LogP contribution in [-0.4, -0.2) is 51.2 Å². The molecule has 1 N–H and O–H groups in total. The van der Waals surface area contributed by atoms with Gasteiger partial charge in [-0.3, -0.25) is 9.59 Å². The van der Waals surface area contributed by atoms with Crippen molar-refractivity contribution in [2.45, 2.75) is 33.4 Å². The highest BCUT2D eigenvalue weighted by atomic mass is 35.5. The van der Waals surface area contributed by atoms with E-state index >= 15 is 0 Å². The molecule has 2 aromatic heterocycles. The highest BCUT2D eigenvalue weighted by Gasteiger charge is 2.30. The Hall–Kier alpha value is -2.61. The average molecular weight is 490 g/mol. The molecule has 0 spiro atoms. The van der Waals surface area contributed by atoms with Gasteiger partial charge < -0.3 is 19.3 Å². The fraction of sp³-hybridized carbons (Fsp3) is 0.375. The van der Waals surface area contributed by atoms with E-state index in [9.17, 15) is 14.7 Å². The fourth-order valence-electron chi connectivity index (χ4n) is 4.07. The maximum absolute atomic E-state index is 12.8. The van der Waals surface area contributed by atoms with Crippen LogP contribution in [0.3, 0.4) is 0 Å². The van der Waals surface area contributed by atoms with Crippen molar-refractivity contribution >= 4 is 46.1 Å². The normalized spacial score (nSPS) is 13.9. The van der Waals surface area contributed by atoms with Crippen LogP contribution >= 0.6 is 23.2 Å². The molecule has 0 atom stereocenters. The Kier molecular flexibility index (Phi) is 6.66. The lowest BCUT2D eigenvalue weighted by Crippen LogP contribution is -2.40. The second-order valence-corrected chi connectivity index (χ2v) is 9.78. The van der Waals surface area contributed by atoms with E-state index in [-0.39, 0.29) is 19.1 Å². The average Bonchev–Trinajstić information content (AvgIpc) is 3.06. The summed E-state index contributed by atoms with van der Waals surface area (Å²) in [6.45, 7) is 4.45. The van der Waals surface area contributed by atoms with Crippen molar-refractivity contribution in [2.24, 2.45) is 5.41 Å². The lowest BCUT2D eigenvalue weighted by Gasteiger charge is -2.29. The molecule has 1 amide bonds. The molecular formula is C24H25Cl2N3O4. The van der Waals surface area contributed by atoms with E-state index in [1.54, 1.807) is 31.0 Å². The third-order valence-corrected chi connectivity index (χ3v) is 6.33. The Morgan fingerprint density at radius 1 is 1.21 bits per heavy atom. The number of benzene rings is 1. The highest BCUT2D eigenvalue weighted by molar-refractivity contribution is 6.34. The van der Waals surface area contributed by atoms with Crippen LogP contribution < -0.4 is 0 Å². The molecular weight excluding hydrogens is 465 g/mol. The van der Waals surface area contributed by atoms with Crippen molar-refractivity contribution < 1.29 is 19.4 Å². The number of fused-ring (bicyclic) bond motifs is 3. The molecule has 0 aliphatic carbocycles. The van der Waals surface area contributed by atoms with Crippen molar-refractivity contribution in [2.75, 3.05) is 19.8 Å². The van der Waals surface area contributed by atoms with Gasteiger partial charge in [0.15, 0.2) is 0 Å². The Morgan fingerprint density at radius 3 is 2.64 bits per heavy atom. The molecule has 9 heteroatoms. The molecule has 1 aliphatic heterocycles. The molecule has 0 saturated carbocycles. The van der Waals surface area contributed by atoms with Crippen molar-refractivity contribution in [3.8, 4) is 0 Å². The summed E-state index contributed by atoms with van der Waals surface area (Å²) in [7, 11) is 0. The van der Waals surface area contributed by atoms with E-state index in [2.05, 4.69) is 15.6 Å². The number of nitrogens with zero attached hydrogens (tertiary/aromatic N) is 3. The summed E-state index contributed by atoms with van der Waals surface area (Å²) >= 11 is 12.4. The third-order valence-electron chi connectivity index (χ3n) is 5.90. The zero-order valence-electron chi connectivity index (χ0n) is 18.5. The zero-order chi connectivity index (χ0) is 23.8. The second kappa shape index (κ2) is 9.33. The van der Waals surface area contributed by atoms with Gasteiger partial charge in [0.25, 0.3) is 0 Å². The molecule has 0 saturated heterocycles. The number of aliphatic carboxylic acids is 1. The van der Waals surface area contributed by atoms with Gasteiger partial charge in [0.05, 0.1) is 18.6 Å². The summed E-state index contributed by atoms with van der Waals surface area (Å²) < 4.78 is 7.56. The molecule has 7 nitrogen and oxygen atoms in total. The minimum Gasteiger partial charge on any atom is -0.481 e. The Morgan fingerprint density at radius 2 is 1.94 bits per heavy atom. The predicted octanol–water partition coefficient (Wildman–Crippen LogP) is 4.40. The number of carbonyl (C=O) groups is 2. The van der Waals surface area contributed by atoms with E-state index in [0.29, 0.717) is 36.1 Å². The number of hydrogen-bond donors (Lipinski definition) is 1. The smallest absolute Gasteiger partial charge is 0.311 e. The molecule has 4 rings (SSSR count). The number of pyridine rings is 1. The third kappa shape index (κ3) is 5.00. The van der Waals surface area contributed by atoms with Gasteiger partial charge in [-0.15, -0.1) is 0 Å². The summed E-state index contributed by atoms with van der Waals surface area (Å²) in [6, 6.07) is 9.41. The molecule has 0 fully saturated rings. The fourth-order valence-corrected chi connectivity index (χ4v) is 4.65. The number of hydrogen-bond acceptors (Lipinski definition) is 4. The summed E-state index contributed by atoms with van der Waals surface area (Å²) in [5.41, 5.74) is 2.95. The van der Waals surface area contributed by atoms with Crippen LogP contribution in [0.5, 0.6) is 0 Å². The van der Waals surface area contributed by atoms with Gasteiger partial charge in [0.2, 0.25) is 5.91 Å². The van der Waals surface area contributed by atoms with Crippen LogP contribution in [-0.2, 0) is 33.8 Å². The monoisotopic (exact) mass is 489 g/mol. The number of aromatic nitrogens is 2. The minimum absolute atomic E-state index is 0.0348. The lowest BCUT2D eigenvalue weighted by molar-refractivity contribution is -0.153. The Balaban J connectivity index is 1.57. The van der Waals surface area contributed by atoms with Crippen molar-refractivity contribution in [1.82, 2.24) is 14.5 Å². The molecule has 174 valence electrons. The van der Waals surface area contributed by atoms with Gasteiger partial charge in [-0.1, -0.05) is 23.2 Å². The number of carboxylic acids is 1. The zero-order valence-corrected chi connectivity index (χ0v) is 20.0. The molecule has 0 unspecified atom stereocenters. The van der Waals surface area contributed by atoms with Gasteiger partial charge in [0.1, 0.15) is 12.3 Å². The Bertz CT molecular complexity index is 1200. The number of rotatable bonds is 7. The van der Waals surface area contributed by atoms with Crippen LogP contribution in [0.15, 0.2) is 36.5 Å². The summed E-state index contributed by atoms with van der Waals surface area (Å²) in [6.07, 6.45) is 2.46. The van der Waals surface area contributed by atoms with Crippen molar-refractivity contribution in [3.63, 3.8) is 0 Å². The second-order valence-electron chi connectivity index (χ2n) is 8.91. The lowest BCUT2D eigenvalue weighted by atomic mass is 9.95. The van der Waals surface area contributed by atoms with Crippen LogP contribution in [0.4, 0.5) is 0 Å². The van der Waals surface area contributed by atoms with Crippen molar-refractivity contribution in [1.29, 1.82) is 0 Å². The molecule has 33 heavy (non-hydrogen) atoms. The standard InChI is InChI=1S/C24H25Cl2N3O4/c1-24(2,23(31)32)14-33-13-21(30)28-7-5-18-19-4-3-6-27-22(19)29(20(18)12-28)11-15-8-16(25)10-17(26)9-15/h3-4,6,8-10H,5,7,11-14H2,1-2H3,(H,31,32). The number of carbonyl (C=O) groups excluding carboxylic acids is 1. The first kappa shape index (κ1) is 23.5. The first-order valence-corrected chi connectivity index (χ1v) is 11.4. The summed E-state index contributed by atoms with van der Waals surface area (Å²) in [4.78, 5) is 30.4. The number of amides is 1. The van der Waals surface area contributed by atoms with Gasteiger partial charge in [0, 0.05) is 40.4 Å². The van der Waals surface area contributed by atoms with Gasteiger partial charge in [-0.2, -0.15) is 0 Å². The van der Waals surface area contributed by atoms with E-state index < -0.39 is 11.4 Å². The van der Waals surface area contributed by atoms with E-state index in [0.717, 1.165) is 22.3 Å². The number of halogens is 2. The topological polar surface area (TPSA) is 84.7 Å². The van der Waals surface area contributed by atoms with Crippen LogP contribution in [0.1, 0.15) is 30.7 Å². The van der Waals surface area contributed by atoms with Crippen LogP contribution in [0.25, 0.3) is 11.0 Å². The molecule has 1 aliphatic rings. The maximum atomic E-state index is 12.8. The number of ether oxygens (including phenoxy) is 1. The largest absolute Gasteiger partial charge is 0.481 e. The van der Waals surface area contributed by atoms with Gasteiger partial charge in [-0.25, -0.2) is 4.98 Å². The first-order valence-electron chi connectivity index (χ1n) is 10.6. The maximum Gasteiger partial charge on any atom is 0.311 e. The first-order chi connectivity index (χ1) is 15.7. The van der Waals surface area contributed by atoms with Crippen LogP contribution in [0.2, 0.25) is 10.0 Å². The summed E-state index contributed by atoms with van der Waals surface area (Å²) in [5, 5.41) is 11.4. The molecule has 3 heterocycles. The Labute approximate surface area is 201 Å². The molecule has 3 aromatic rings. The SMILES string of the molecule is CC(C)(COCC(=O)N1CCc2c(n(Cc3cc(Cl)cc(Cl)c3)c3ncccc23)C1)C(=O)O. The molecule has 1 aromatic carbocycles. The number of carboxylic acid groups (broad SMARTS) is 1. The van der Waals surface area contributed by atoms with Crippen LogP contribution in [0, 0.1) is 5.41 Å². The van der Waals surface area contributed by atoms with E-state index in [1.807, 2.05) is 18.2 Å². The molecule has 0 bridgehead atoms. The quantitative estimate of drug-likeness (QED) is 0.531. The minimum atomic E-state index is -1.05. The highest BCUT2D eigenvalue weighted by Crippen LogP contribution is 2.31. The van der Waals surface area contributed by atoms with Gasteiger partial charge >= 0.3 is 5.97 Å². The van der Waals surface area contributed by atoms with E-state index in [1.165, 1.54) is 5.56 Å². The van der Waals surface area contributed by atoms with E-state index in [4.69, 9.17) is 27.9 Å². The molecule has 0 radical (unpaired) electrons. The summed E-state index contributed by atoms with van der Waals surface area (Å²) in [5.74, 6) is -1.13. The van der Waals surface area contributed by atoms with Crippen molar-refractivity contribution in [3.05, 3.63) is 63.4 Å².